The predicted molar refractivity (Wildman–Crippen MR) is 86.2 cm³/mol. The minimum absolute atomic E-state index is 0.139. The summed E-state index contributed by atoms with van der Waals surface area (Å²) >= 11 is 3.96. The molecule has 1 aliphatic heterocycles. The van der Waals surface area contributed by atoms with Gasteiger partial charge >= 0.3 is 5.97 Å². The molecule has 1 rings (SSSR count). The molecule has 24 heavy (non-hydrogen) atoms. The summed E-state index contributed by atoms with van der Waals surface area (Å²) in [4.78, 5) is 47.9. The molecule has 3 unspecified atom stereocenters. The lowest BCUT2D eigenvalue weighted by molar-refractivity contribution is -0.141. The van der Waals surface area contributed by atoms with Gasteiger partial charge in [-0.1, -0.05) is 0 Å². The van der Waals surface area contributed by atoms with E-state index in [-0.39, 0.29) is 5.75 Å². The normalized spacial score (nSPS) is 19.5. The van der Waals surface area contributed by atoms with Gasteiger partial charge in [-0.15, -0.1) is 0 Å². The minimum Gasteiger partial charge on any atom is -0.480 e. The molecular formula is C13H22N4O6S. The first-order valence-electron chi connectivity index (χ1n) is 7.39. The number of hydrogen-bond acceptors (Lipinski definition) is 7. The average molecular weight is 362 g/mol. The molecule has 0 aromatic rings. The maximum Gasteiger partial charge on any atom is 0.322 e. The van der Waals surface area contributed by atoms with E-state index in [4.69, 9.17) is 10.8 Å². The molecule has 0 radical (unpaired) electrons. The number of nitrogens with zero attached hydrogens (tertiary/aromatic N) is 1. The number of aliphatic hydroxyl groups is 1. The third kappa shape index (κ3) is 5.35. The van der Waals surface area contributed by atoms with Gasteiger partial charge < -0.3 is 31.5 Å². The van der Waals surface area contributed by atoms with Crippen LogP contribution in [0.5, 0.6) is 0 Å². The van der Waals surface area contributed by atoms with Crippen LogP contribution in [0.1, 0.15) is 12.8 Å². The zero-order valence-electron chi connectivity index (χ0n) is 13.0. The Morgan fingerprint density at radius 1 is 1.33 bits per heavy atom. The maximum absolute atomic E-state index is 12.3. The number of thiol groups is 1. The molecule has 11 heteroatoms. The first-order chi connectivity index (χ1) is 11.3. The fraction of sp³-hybridized carbons (Fsp3) is 0.692. The van der Waals surface area contributed by atoms with Crippen molar-refractivity contribution in [1.29, 1.82) is 0 Å². The van der Waals surface area contributed by atoms with E-state index < -0.39 is 55.0 Å². The van der Waals surface area contributed by atoms with E-state index in [9.17, 15) is 24.3 Å². The van der Waals surface area contributed by atoms with Crippen LogP contribution in [0.25, 0.3) is 0 Å². The van der Waals surface area contributed by atoms with Gasteiger partial charge in [-0.25, -0.2) is 0 Å². The summed E-state index contributed by atoms with van der Waals surface area (Å²) in [5.41, 5.74) is 5.64. The lowest BCUT2D eigenvalue weighted by atomic mass is 10.1. The number of carbonyl (C=O) groups is 4. The molecule has 0 aromatic heterocycles. The number of nitrogens with one attached hydrogen (secondary N) is 2. The molecule has 3 amide bonds. The first-order valence-corrected chi connectivity index (χ1v) is 8.02. The van der Waals surface area contributed by atoms with Crippen LogP contribution in [-0.2, 0) is 19.2 Å². The van der Waals surface area contributed by atoms with Crippen molar-refractivity contribution in [2.75, 3.05) is 25.4 Å². The van der Waals surface area contributed by atoms with Gasteiger partial charge in [0.15, 0.2) is 0 Å². The highest BCUT2D eigenvalue weighted by Crippen LogP contribution is 2.18. The molecule has 0 bridgehead atoms. The summed E-state index contributed by atoms with van der Waals surface area (Å²) < 4.78 is 0. The van der Waals surface area contributed by atoms with Gasteiger partial charge in [0, 0.05) is 12.3 Å². The molecular weight excluding hydrogens is 340 g/mol. The van der Waals surface area contributed by atoms with Crippen molar-refractivity contribution in [3.05, 3.63) is 0 Å². The highest BCUT2D eigenvalue weighted by Gasteiger charge is 2.37. The fourth-order valence-electron chi connectivity index (χ4n) is 2.34. The van der Waals surface area contributed by atoms with E-state index in [0.29, 0.717) is 19.4 Å². The Morgan fingerprint density at radius 3 is 2.54 bits per heavy atom. The SMILES string of the molecule is NC(CS)C(=O)N1CCCC1C(=O)NC(CO)C(=O)NCC(=O)O. The van der Waals surface area contributed by atoms with Gasteiger partial charge in [-0.3, -0.25) is 19.2 Å². The molecule has 1 saturated heterocycles. The molecule has 6 N–H and O–H groups in total. The van der Waals surface area contributed by atoms with Crippen LogP contribution < -0.4 is 16.4 Å². The highest BCUT2D eigenvalue weighted by atomic mass is 32.1. The van der Waals surface area contributed by atoms with Crippen LogP contribution in [0.2, 0.25) is 0 Å². The zero-order valence-corrected chi connectivity index (χ0v) is 13.9. The van der Waals surface area contributed by atoms with E-state index in [1.165, 1.54) is 4.90 Å². The Kier molecular flexibility index (Phi) is 7.95. The predicted octanol–water partition coefficient (Wildman–Crippen LogP) is -3.09. The van der Waals surface area contributed by atoms with Gasteiger partial charge in [0.05, 0.1) is 12.6 Å². The average Bonchev–Trinajstić information content (AvgIpc) is 3.05. The Hall–Kier alpha value is -1.85. The van der Waals surface area contributed by atoms with Crippen LogP contribution >= 0.6 is 12.6 Å². The van der Waals surface area contributed by atoms with E-state index in [0.717, 1.165) is 0 Å². The number of aliphatic carboxylic acids is 1. The number of amides is 3. The Morgan fingerprint density at radius 2 is 2.00 bits per heavy atom. The van der Waals surface area contributed by atoms with Crippen LogP contribution in [0.15, 0.2) is 0 Å². The van der Waals surface area contributed by atoms with Crippen LogP contribution in [-0.4, -0.2) is 82.4 Å². The van der Waals surface area contributed by atoms with Crippen LogP contribution in [0, 0.1) is 0 Å². The molecule has 1 aliphatic rings. The Balaban J connectivity index is 2.68. The maximum atomic E-state index is 12.3. The summed E-state index contributed by atoms with van der Waals surface area (Å²) in [5, 5.41) is 22.1. The van der Waals surface area contributed by atoms with Crippen molar-refractivity contribution in [2.45, 2.75) is 31.0 Å². The molecule has 1 fully saturated rings. The Labute approximate surface area is 144 Å². The Bertz CT molecular complexity index is 503. The van der Waals surface area contributed by atoms with Crippen LogP contribution in [0.4, 0.5) is 0 Å². The summed E-state index contributed by atoms with van der Waals surface area (Å²) in [6.45, 7) is -0.961. The van der Waals surface area contributed by atoms with Crippen molar-refractivity contribution >= 4 is 36.3 Å². The third-order valence-corrected chi connectivity index (χ3v) is 3.98. The van der Waals surface area contributed by atoms with Gasteiger partial charge in [0.2, 0.25) is 17.7 Å². The lowest BCUT2D eigenvalue weighted by Crippen LogP contribution is -2.56. The van der Waals surface area contributed by atoms with Gasteiger partial charge in [-0.05, 0) is 12.8 Å². The molecule has 0 saturated carbocycles. The van der Waals surface area contributed by atoms with Gasteiger partial charge in [0.25, 0.3) is 0 Å². The number of carboxylic acid groups (broad SMARTS) is 1. The molecule has 136 valence electrons. The second-order valence-corrected chi connectivity index (χ2v) is 5.70. The van der Waals surface area contributed by atoms with Crippen LogP contribution in [0.3, 0.4) is 0 Å². The zero-order chi connectivity index (χ0) is 18.3. The number of rotatable bonds is 8. The number of aliphatic hydroxyl groups excluding tert-OH is 1. The number of nitrogens with two attached hydrogens (primary N) is 1. The van der Waals surface area contributed by atoms with Crippen molar-refractivity contribution in [3.63, 3.8) is 0 Å². The fourth-order valence-corrected chi connectivity index (χ4v) is 2.50. The van der Waals surface area contributed by atoms with E-state index in [1.807, 2.05) is 0 Å². The van der Waals surface area contributed by atoms with E-state index in [1.54, 1.807) is 0 Å². The number of carbonyl (C=O) groups excluding carboxylic acids is 3. The summed E-state index contributed by atoms with van der Waals surface area (Å²) in [7, 11) is 0. The first kappa shape index (κ1) is 20.2. The molecule has 0 spiro atoms. The third-order valence-electron chi connectivity index (χ3n) is 3.58. The summed E-state index contributed by atoms with van der Waals surface area (Å²) in [6, 6.07) is -2.91. The number of carboxylic acids is 1. The quantitative estimate of drug-likeness (QED) is 0.249. The smallest absolute Gasteiger partial charge is 0.322 e. The van der Waals surface area contributed by atoms with Crippen molar-refractivity contribution in [3.8, 4) is 0 Å². The monoisotopic (exact) mass is 362 g/mol. The highest BCUT2D eigenvalue weighted by molar-refractivity contribution is 7.80. The lowest BCUT2D eigenvalue weighted by Gasteiger charge is -2.27. The standard InChI is InChI=1S/C13H22N4O6S/c14-7(6-24)13(23)17-3-1-2-9(17)12(22)16-8(5-18)11(21)15-4-10(19)20/h7-9,18,24H,1-6,14H2,(H,15,21)(H,16,22)(H,19,20). The largest absolute Gasteiger partial charge is 0.480 e. The topological polar surface area (TPSA) is 162 Å². The van der Waals surface area contributed by atoms with E-state index in [2.05, 4.69) is 23.3 Å². The number of likely N-dealkylation sites (tertiary alicyclic amines) is 1. The second-order valence-electron chi connectivity index (χ2n) is 5.33. The van der Waals surface area contributed by atoms with Crippen molar-refractivity contribution < 1.29 is 29.4 Å². The second kappa shape index (κ2) is 9.45. The summed E-state index contributed by atoms with van der Waals surface area (Å²) in [6.07, 6.45) is 1.02. The van der Waals surface area contributed by atoms with Gasteiger partial charge in [0.1, 0.15) is 18.6 Å². The minimum atomic E-state index is -1.30. The van der Waals surface area contributed by atoms with E-state index >= 15 is 0 Å². The molecule has 1 heterocycles. The molecule has 10 nitrogen and oxygen atoms in total. The van der Waals surface area contributed by atoms with Gasteiger partial charge in [-0.2, -0.15) is 12.6 Å². The number of hydrogen-bond donors (Lipinski definition) is 6. The summed E-state index contributed by atoms with van der Waals surface area (Å²) in [5.74, 6) is -2.94. The van der Waals surface area contributed by atoms with Crippen molar-refractivity contribution in [1.82, 2.24) is 15.5 Å². The van der Waals surface area contributed by atoms with Crippen molar-refractivity contribution in [2.24, 2.45) is 5.73 Å². The molecule has 0 aromatic carbocycles. The molecule has 0 aliphatic carbocycles. The molecule has 3 atom stereocenters.